The molecule has 0 bridgehead atoms. The SMILES string of the molecule is O=c1[nH]cc(Cl)c2c(Cl)cccc12. The van der Waals surface area contributed by atoms with E-state index in [1.165, 1.54) is 6.20 Å². The Labute approximate surface area is 84.1 Å². The minimum Gasteiger partial charge on any atom is -0.327 e. The average molecular weight is 214 g/mol. The molecule has 0 radical (unpaired) electrons. The molecule has 1 heterocycles. The van der Waals surface area contributed by atoms with Crippen LogP contribution in [0.2, 0.25) is 10.0 Å². The van der Waals surface area contributed by atoms with Crippen LogP contribution in [0.15, 0.2) is 29.2 Å². The Hall–Kier alpha value is -0.990. The molecule has 0 saturated heterocycles. The van der Waals surface area contributed by atoms with Crippen molar-refractivity contribution in [2.45, 2.75) is 0 Å². The van der Waals surface area contributed by atoms with Crippen LogP contribution in [0.1, 0.15) is 0 Å². The monoisotopic (exact) mass is 213 g/mol. The van der Waals surface area contributed by atoms with E-state index < -0.39 is 0 Å². The highest BCUT2D eigenvalue weighted by Gasteiger charge is 2.05. The lowest BCUT2D eigenvalue weighted by molar-refractivity contribution is 1.28. The summed E-state index contributed by atoms with van der Waals surface area (Å²) in [5.41, 5.74) is -0.179. The molecule has 0 aliphatic carbocycles. The van der Waals surface area contributed by atoms with Crippen LogP contribution in [0.25, 0.3) is 10.8 Å². The molecule has 66 valence electrons. The molecule has 0 atom stereocenters. The van der Waals surface area contributed by atoms with E-state index in [-0.39, 0.29) is 5.56 Å². The van der Waals surface area contributed by atoms with Gasteiger partial charge in [-0.1, -0.05) is 29.3 Å². The first-order valence-corrected chi connectivity index (χ1v) is 4.41. The van der Waals surface area contributed by atoms with Crippen molar-refractivity contribution in [1.82, 2.24) is 4.98 Å². The lowest BCUT2D eigenvalue weighted by Gasteiger charge is -2.00. The average Bonchev–Trinajstić information content (AvgIpc) is 2.12. The highest BCUT2D eigenvalue weighted by Crippen LogP contribution is 2.26. The quantitative estimate of drug-likeness (QED) is 0.718. The third-order valence-corrected chi connectivity index (χ3v) is 2.44. The molecule has 0 aliphatic heterocycles. The number of pyridine rings is 1. The highest BCUT2D eigenvalue weighted by atomic mass is 35.5. The molecule has 1 aromatic heterocycles. The Kier molecular flexibility index (Phi) is 2.02. The first kappa shape index (κ1) is 8.60. The number of aromatic amines is 1. The molecule has 4 heteroatoms. The van der Waals surface area contributed by atoms with Crippen molar-refractivity contribution in [2.75, 3.05) is 0 Å². The molecule has 0 amide bonds. The molecule has 1 aromatic carbocycles. The summed E-state index contributed by atoms with van der Waals surface area (Å²) in [6, 6.07) is 5.11. The third-order valence-electron chi connectivity index (χ3n) is 1.83. The standard InChI is InChI=1S/C9H5Cl2NO/c10-6-3-1-2-5-8(6)7(11)4-12-9(5)13/h1-4H,(H,12,13). The van der Waals surface area contributed by atoms with E-state index in [0.717, 1.165) is 0 Å². The zero-order valence-electron chi connectivity index (χ0n) is 6.47. The van der Waals surface area contributed by atoms with Gasteiger partial charge < -0.3 is 4.98 Å². The normalized spacial score (nSPS) is 10.6. The van der Waals surface area contributed by atoms with Crippen molar-refractivity contribution in [3.05, 3.63) is 44.8 Å². The van der Waals surface area contributed by atoms with Crippen molar-refractivity contribution in [2.24, 2.45) is 0 Å². The minimum absolute atomic E-state index is 0.179. The molecular formula is C9H5Cl2NO. The molecule has 0 aliphatic rings. The lowest BCUT2D eigenvalue weighted by Crippen LogP contribution is -2.04. The maximum Gasteiger partial charge on any atom is 0.255 e. The Balaban J connectivity index is 3.09. The fraction of sp³-hybridized carbons (Fsp3) is 0. The minimum atomic E-state index is -0.179. The molecular weight excluding hydrogens is 209 g/mol. The number of benzene rings is 1. The van der Waals surface area contributed by atoms with E-state index in [4.69, 9.17) is 23.2 Å². The second kappa shape index (κ2) is 3.05. The summed E-state index contributed by atoms with van der Waals surface area (Å²) in [5, 5.41) is 2.07. The molecule has 0 fully saturated rings. The van der Waals surface area contributed by atoms with Gasteiger partial charge in [-0.05, 0) is 12.1 Å². The fourth-order valence-corrected chi connectivity index (χ4v) is 1.82. The van der Waals surface area contributed by atoms with Crippen molar-refractivity contribution >= 4 is 34.0 Å². The van der Waals surface area contributed by atoms with Gasteiger partial charge in [0.15, 0.2) is 0 Å². The van der Waals surface area contributed by atoms with Gasteiger partial charge >= 0.3 is 0 Å². The third kappa shape index (κ3) is 1.32. The molecule has 0 unspecified atom stereocenters. The zero-order chi connectivity index (χ0) is 9.42. The maximum absolute atomic E-state index is 11.3. The molecule has 2 rings (SSSR count). The van der Waals surface area contributed by atoms with Crippen molar-refractivity contribution < 1.29 is 0 Å². The summed E-state index contributed by atoms with van der Waals surface area (Å²) in [7, 11) is 0. The van der Waals surface area contributed by atoms with Crippen LogP contribution >= 0.6 is 23.2 Å². The van der Waals surface area contributed by atoms with Crippen LogP contribution < -0.4 is 5.56 Å². The predicted molar refractivity (Wildman–Crippen MR) is 54.6 cm³/mol. The molecule has 0 saturated carbocycles. The maximum atomic E-state index is 11.3. The van der Waals surface area contributed by atoms with Gasteiger partial charge in [-0.15, -0.1) is 0 Å². The van der Waals surface area contributed by atoms with Gasteiger partial charge in [0.05, 0.1) is 10.0 Å². The number of aromatic nitrogens is 1. The number of H-pyrrole nitrogens is 1. The second-order valence-corrected chi connectivity index (χ2v) is 3.44. The topological polar surface area (TPSA) is 32.9 Å². The largest absolute Gasteiger partial charge is 0.327 e. The Morgan fingerprint density at radius 2 is 1.92 bits per heavy atom. The van der Waals surface area contributed by atoms with Gasteiger partial charge in [0.2, 0.25) is 0 Å². The van der Waals surface area contributed by atoms with Gasteiger partial charge in [0.25, 0.3) is 5.56 Å². The van der Waals surface area contributed by atoms with Crippen molar-refractivity contribution in [3.8, 4) is 0 Å². The lowest BCUT2D eigenvalue weighted by atomic mass is 10.2. The number of nitrogens with one attached hydrogen (secondary N) is 1. The van der Waals surface area contributed by atoms with Crippen LogP contribution in [0.4, 0.5) is 0 Å². The van der Waals surface area contributed by atoms with Gasteiger partial charge in [0.1, 0.15) is 0 Å². The molecule has 0 spiro atoms. The summed E-state index contributed by atoms with van der Waals surface area (Å²) in [6.45, 7) is 0. The summed E-state index contributed by atoms with van der Waals surface area (Å²) in [4.78, 5) is 13.8. The second-order valence-electron chi connectivity index (χ2n) is 2.63. The predicted octanol–water partition coefficient (Wildman–Crippen LogP) is 2.83. The van der Waals surface area contributed by atoms with Crippen LogP contribution in [-0.2, 0) is 0 Å². The Bertz CT molecular complexity index is 510. The van der Waals surface area contributed by atoms with Crippen LogP contribution in [0.5, 0.6) is 0 Å². The van der Waals surface area contributed by atoms with Gasteiger partial charge in [0, 0.05) is 17.0 Å². The number of rotatable bonds is 0. The van der Waals surface area contributed by atoms with E-state index in [1.54, 1.807) is 18.2 Å². The molecule has 2 aromatic rings. The van der Waals surface area contributed by atoms with Gasteiger partial charge in [-0.25, -0.2) is 0 Å². The molecule has 2 nitrogen and oxygen atoms in total. The van der Waals surface area contributed by atoms with E-state index in [2.05, 4.69) is 4.98 Å². The van der Waals surface area contributed by atoms with E-state index >= 15 is 0 Å². The van der Waals surface area contributed by atoms with Crippen LogP contribution in [-0.4, -0.2) is 4.98 Å². The first-order valence-electron chi connectivity index (χ1n) is 3.65. The Morgan fingerprint density at radius 3 is 2.62 bits per heavy atom. The van der Waals surface area contributed by atoms with E-state index in [1.807, 2.05) is 0 Å². The Morgan fingerprint density at radius 1 is 1.15 bits per heavy atom. The fourth-order valence-electron chi connectivity index (χ4n) is 1.23. The number of halogens is 2. The molecule has 1 N–H and O–H groups in total. The number of hydrogen-bond acceptors (Lipinski definition) is 1. The van der Waals surface area contributed by atoms with E-state index in [0.29, 0.717) is 20.8 Å². The zero-order valence-corrected chi connectivity index (χ0v) is 7.99. The van der Waals surface area contributed by atoms with Gasteiger partial charge in [-0.3, -0.25) is 4.79 Å². The summed E-state index contributed by atoms with van der Waals surface area (Å²) in [5.74, 6) is 0. The van der Waals surface area contributed by atoms with Crippen molar-refractivity contribution in [1.29, 1.82) is 0 Å². The number of fused-ring (bicyclic) bond motifs is 1. The number of hydrogen-bond donors (Lipinski definition) is 1. The molecule has 13 heavy (non-hydrogen) atoms. The highest BCUT2D eigenvalue weighted by molar-refractivity contribution is 6.42. The van der Waals surface area contributed by atoms with Gasteiger partial charge in [-0.2, -0.15) is 0 Å². The summed E-state index contributed by atoms with van der Waals surface area (Å²) in [6.07, 6.45) is 1.44. The summed E-state index contributed by atoms with van der Waals surface area (Å²) >= 11 is 11.8. The van der Waals surface area contributed by atoms with Crippen molar-refractivity contribution in [3.63, 3.8) is 0 Å². The smallest absolute Gasteiger partial charge is 0.255 e. The van der Waals surface area contributed by atoms with Crippen LogP contribution in [0, 0.1) is 0 Å². The summed E-state index contributed by atoms with van der Waals surface area (Å²) < 4.78 is 0. The van der Waals surface area contributed by atoms with Crippen LogP contribution in [0.3, 0.4) is 0 Å². The first-order chi connectivity index (χ1) is 6.20. The van der Waals surface area contributed by atoms with E-state index in [9.17, 15) is 4.79 Å².